The molecule has 0 aliphatic rings. The summed E-state index contributed by atoms with van der Waals surface area (Å²) in [5, 5.41) is 13.2. The van der Waals surface area contributed by atoms with Crippen LogP contribution in [-0.4, -0.2) is 18.8 Å². The highest BCUT2D eigenvalue weighted by Gasteiger charge is 2.25. The van der Waals surface area contributed by atoms with E-state index in [0.29, 0.717) is 0 Å². The van der Waals surface area contributed by atoms with E-state index < -0.39 is 5.54 Å². The second kappa shape index (κ2) is 6.29. The van der Waals surface area contributed by atoms with Crippen molar-refractivity contribution in [3.8, 4) is 5.75 Å². The number of nitrogens with one attached hydrogen (secondary N) is 1. The predicted octanol–water partition coefficient (Wildman–Crippen LogP) is 3.78. The molecule has 1 atom stereocenters. The van der Waals surface area contributed by atoms with Gasteiger partial charge in [-0.15, -0.1) is 0 Å². The highest BCUT2D eigenvalue weighted by molar-refractivity contribution is 9.10. The molecule has 0 aliphatic heterocycles. The van der Waals surface area contributed by atoms with Crippen molar-refractivity contribution in [1.29, 1.82) is 0 Å². The second-order valence-corrected chi connectivity index (χ2v) is 5.77. The van der Waals surface area contributed by atoms with E-state index in [1.165, 1.54) is 0 Å². The Labute approximate surface area is 127 Å². The molecular formula is C16H18BrNO2. The number of aliphatic hydroxyl groups excluding tert-OH is 1. The van der Waals surface area contributed by atoms with Gasteiger partial charge in [0.15, 0.2) is 0 Å². The summed E-state index contributed by atoms with van der Waals surface area (Å²) in [6, 6.07) is 15.6. The molecule has 4 heteroatoms. The maximum absolute atomic E-state index is 9.79. The normalized spacial score (nSPS) is 13.6. The molecule has 2 aromatic carbocycles. The van der Waals surface area contributed by atoms with Gasteiger partial charge < -0.3 is 15.2 Å². The minimum atomic E-state index is -0.549. The lowest BCUT2D eigenvalue weighted by molar-refractivity contribution is 0.224. The summed E-state index contributed by atoms with van der Waals surface area (Å²) in [5.74, 6) is 0.802. The van der Waals surface area contributed by atoms with Gasteiger partial charge in [0.25, 0.3) is 0 Å². The first-order valence-electron chi connectivity index (χ1n) is 6.36. The van der Waals surface area contributed by atoms with Crippen LogP contribution in [0.1, 0.15) is 12.5 Å². The summed E-state index contributed by atoms with van der Waals surface area (Å²) in [6.45, 7) is 1.96. The topological polar surface area (TPSA) is 41.5 Å². The first-order valence-corrected chi connectivity index (χ1v) is 7.16. The molecule has 2 N–H and O–H groups in total. The van der Waals surface area contributed by atoms with E-state index in [9.17, 15) is 5.11 Å². The fourth-order valence-corrected chi connectivity index (χ4v) is 2.45. The van der Waals surface area contributed by atoms with Crippen molar-refractivity contribution in [1.82, 2.24) is 0 Å². The molecule has 0 aromatic heterocycles. The fourth-order valence-electron chi connectivity index (χ4n) is 2.05. The number of anilines is 1. The number of ether oxygens (including phenoxy) is 1. The molecule has 106 valence electrons. The van der Waals surface area contributed by atoms with Crippen molar-refractivity contribution < 1.29 is 9.84 Å². The summed E-state index contributed by atoms with van der Waals surface area (Å²) in [6.07, 6.45) is 0. The van der Waals surface area contributed by atoms with Crippen LogP contribution in [0.2, 0.25) is 0 Å². The Kier molecular flexibility index (Phi) is 4.68. The molecule has 0 saturated carbocycles. The quantitative estimate of drug-likeness (QED) is 0.873. The Morgan fingerprint density at radius 3 is 2.45 bits per heavy atom. The molecule has 20 heavy (non-hydrogen) atoms. The number of methoxy groups -OCH3 is 1. The first kappa shape index (κ1) is 14.9. The molecule has 2 aromatic rings. The average molecular weight is 336 g/mol. The third kappa shape index (κ3) is 3.32. The lowest BCUT2D eigenvalue weighted by Crippen LogP contribution is -2.35. The molecule has 0 spiro atoms. The molecule has 0 heterocycles. The van der Waals surface area contributed by atoms with Gasteiger partial charge in [-0.2, -0.15) is 0 Å². The molecule has 0 radical (unpaired) electrons. The zero-order chi connectivity index (χ0) is 14.6. The highest BCUT2D eigenvalue weighted by atomic mass is 79.9. The van der Waals surface area contributed by atoms with Crippen LogP contribution in [0.5, 0.6) is 5.75 Å². The van der Waals surface area contributed by atoms with Gasteiger partial charge in [0.1, 0.15) is 5.75 Å². The molecular weight excluding hydrogens is 318 g/mol. The molecule has 0 amide bonds. The van der Waals surface area contributed by atoms with Crippen molar-refractivity contribution in [2.45, 2.75) is 12.5 Å². The molecule has 0 saturated heterocycles. The zero-order valence-electron chi connectivity index (χ0n) is 11.6. The number of rotatable bonds is 5. The standard InChI is InChI=1S/C16H18BrNO2/c1-16(11-19,12-6-8-15(20-2)9-7-12)18-14-5-3-4-13(17)10-14/h3-10,18-19H,11H2,1-2H3. The summed E-state index contributed by atoms with van der Waals surface area (Å²) < 4.78 is 6.16. The smallest absolute Gasteiger partial charge is 0.118 e. The van der Waals surface area contributed by atoms with Crippen molar-refractivity contribution >= 4 is 21.6 Å². The summed E-state index contributed by atoms with van der Waals surface area (Å²) in [7, 11) is 1.64. The van der Waals surface area contributed by atoms with Gasteiger partial charge in [0, 0.05) is 10.2 Å². The minimum Gasteiger partial charge on any atom is -0.497 e. The number of hydrogen-bond acceptors (Lipinski definition) is 3. The van der Waals surface area contributed by atoms with Crippen molar-refractivity contribution in [3.05, 3.63) is 58.6 Å². The number of aliphatic hydroxyl groups is 1. The van der Waals surface area contributed by atoms with E-state index >= 15 is 0 Å². The Balaban J connectivity index is 2.27. The lowest BCUT2D eigenvalue weighted by Gasteiger charge is -2.30. The van der Waals surface area contributed by atoms with Crippen LogP contribution in [0.15, 0.2) is 53.0 Å². The van der Waals surface area contributed by atoms with Crippen LogP contribution in [0.4, 0.5) is 5.69 Å². The Morgan fingerprint density at radius 2 is 1.90 bits per heavy atom. The zero-order valence-corrected chi connectivity index (χ0v) is 13.1. The van der Waals surface area contributed by atoms with Crippen LogP contribution in [0.25, 0.3) is 0 Å². The molecule has 1 unspecified atom stereocenters. The Morgan fingerprint density at radius 1 is 1.20 bits per heavy atom. The second-order valence-electron chi connectivity index (χ2n) is 4.85. The maximum atomic E-state index is 9.79. The van der Waals surface area contributed by atoms with Gasteiger partial charge in [-0.05, 0) is 42.8 Å². The lowest BCUT2D eigenvalue weighted by atomic mass is 9.92. The van der Waals surface area contributed by atoms with Crippen molar-refractivity contribution in [2.75, 3.05) is 19.0 Å². The summed E-state index contributed by atoms with van der Waals surface area (Å²) in [4.78, 5) is 0. The van der Waals surface area contributed by atoms with E-state index in [1.54, 1.807) is 7.11 Å². The highest BCUT2D eigenvalue weighted by Crippen LogP contribution is 2.28. The van der Waals surface area contributed by atoms with Crippen LogP contribution in [0, 0.1) is 0 Å². The van der Waals surface area contributed by atoms with Crippen LogP contribution in [0.3, 0.4) is 0 Å². The summed E-state index contributed by atoms with van der Waals surface area (Å²) in [5.41, 5.74) is 1.40. The maximum Gasteiger partial charge on any atom is 0.118 e. The van der Waals surface area contributed by atoms with Gasteiger partial charge in [0.05, 0.1) is 19.3 Å². The van der Waals surface area contributed by atoms with Crippen molar-refractivity contribution in [3.63, 3.8) is 0 Å². The van der Waals surface area contributed by atoms with Crippen LogP contribution >= 0.6 is 15.9 Å². The molecule has 0 fully saturated rings. The Bertz CT molecular complexity index is 571. The molecule has 0 bridgehead atoms. The SMILES string of the molecule is COc1ccc(C(C)(CO)Nc2cccc(Br)c2)cc1. The average Bonchev–Trinajstić information content (AvgIpc) is 2.47. The van der Waals surface area contributed by atoms with Crippen LogP contribution in [-0.2, 0) is 5.54 Å². The fraction of sp³-hybridized carbons (Fsp3) is 0.250. The summed E-state index contributed by atoms with van der Waals surface area (Å²) >= 11 is 3.45. The third-order valence-electron chi connectivity index (χ3n) is 3.29. The number of halogens is 1. The van der Waals surface area contributed by atoms with E-state index in [0.717, 1.165) is 21.5 Å². The number of benzene rings is 2. The van der Waals surface area contributed by atoms with Crippen molar-refractivity contribution in [2.24, 2.45) is 0 Å². The predicted molar refractivity (Wildman–Crippen MR) is 85.2 cm³/mol. The van der Waals surface area contributed by atoms with Gasteiger partial charge in [0.2, 0.25) is 0 Å². The van der Waals surface area contributed by atoms with Gasteiger partial charge in [-0.25, -0.2) is 0 Å². The first-order chi connectivity index (χ1) is 9.57. The van der Waals surface area contributed by atoms with Gasteiger partial charge >= 0.3 is 0 Å². The van der Waals surface area contributed by atoms with E-state index in [2.05, 4.69) is 21.2 Å². The minimum absolute atomic E-state index is 0.00809. The largest absolute Gasteiger partial charge is 0.497 e. The van der Waals surface area contributed by atoms with E-state index in [4.69, 9.17) is 4.74 Å². The number of hydrogen-bond donors (Lipinski definition) is 2. The molecule has 0 aliphatic carbocycles. The van der Waals surface area contributed by atoms with E-state index in [-0.39, 0.29) is 6.61 Å². The molecule has 3 nitrogen and oxygen atoms in total. The third-order valence-corrected chi connectivity index (χ3v) is 3.78. The monoisotopic (exact) mass is 335 g/mol. The van der Waals surface area contributed by atoms with E-state index in [1.807, 2.05) is 55.5 Å². The van der Waals surface area contributed by atoms with Gasteiger partial charge in [-0.1, -0.05) is 34.1 Å². The van der Waals surface area contributed by atoms with Crippen LogP contribution < -0.4 is 10.1 Å². The Hall–Kier alpha value is -1.52. The molecule has 2 rings (SSSR count). The van der Waals surface area contributed by atoms with Gasteiger partial charge in [-0.3, -0.25) is 0 Å².